The topological polar surface area (TPSA) is 99.5 Å². The summed E-state index contributed by atoms with van der Waals surface area (Å²) in [6.45, 7) is -0.685. The second-order valence-corrected chi connectivity index (χ2v) is 12.2. The summed E-state index contributed by atoms with van der Waals surface area (Å²) in [6, 6.07) is 19.7. The summed E-state index contributed by atoms with van der Waals surface area (Å²) in [7, 11) is 0. The van der Waals surface area contributed by atoms with E-state index in [9.17, 15) is 24.3 Å². The number of aromatic nitrogens is 1. The van der Waals surface area contributed by atoms with Gasteiger partial charge in [-0.15, -0.1) is 11.8 Å². The summed E-state index contributed by atoms with van der Waals surface area (Å²) in [5.74, 6) is -3.24. The maximum absolute atomic E-state index is 13.3. The van der Waals surface area contributed by atoms with E-state index in [1.54, 1.807) is 16.3 Å². The molecule has 2 aliphatic carbocycles. The lowest BCUT2D eigenvalue weighted by Gasteiger charge is -2.43. The number of likely N-dealkylation sites (tertiary alicyclic amines) is 1. The highest BCUT2D eigenvalue weighted by molar-refractivity contribution is 8.00. The van der Waals surface area contributed by atoms with Crippen molar-refractivity contribution in [3.8, 4) is 5.69 Å². The average Bonchev–Trinajstić information content (AvgIpc) is 3.59. The number of nitrogens with zero attached hydrogens (tertiary/aromatic N) is 2. The predicted molar refractivity (Wildman–Crippen MR) is 132 cm³/mol. The molecule has 0 radical (unpaired) electrons. The molecule has 2 bridgehead atoms. The predicted octanol–water partition coefficient (Wildman–Crippen LogP) is 2.12. The Hall–Kier alpha value is -3.17. The smallest absolute Gasteiger partial charge is 0.312 e. The first-order valence-electron chi connectivity index (χ1n) is 12.0. The molecule has 3 aromatic rings. The molecule has 3 heterocycles. The van der Waals surface area contributed by atoms with Gasteiger partial charge in [0, 0.05) is 16.0 Å². The van der Waals surface area contributed by atoms with E-state index in [4.69, 9.17) is 0 Å². The Morgan fingerprint density at radius 2 is 1.56 bits per heavy atom. The maximum Gasteiger partial charge on any atom is 0.312 e. The van der Waals surface area contributed by atoms with Crippen LogP contribution in [-0.2, 0) is 14.4 Å². The van der Waals surface area contributed by atoms with E-state index in [0.29, 0.717) is 0 Å². The van der Waals surface area contributed by atoms with Gasteiger partial charge in [0.15, 0.2) is 0 Å². The fraction of sp³-hybridized carbons (Fsp3) is 0.333. The van der Waals surface area contributed by atoms with E-state index in [1.165, 1.54) is 11.3 Å². The molecule has 2 saturated carbocycles. The van der Waals surface area contributed by atoms with Crippen LogP contribution in [0.4, 0.5) is 0 Å². The number of carboxylic acid groups (broad SMARTS) is 1. The van der Waals surface area contributed by atoms with Crippen LogP contribution in [0.3, 0.4) is 0 Å². The van der Waals surface area contributed by atoms with Gasteiger partial charge in [-0.1, -0.05) is 59.9 Å². The second kappa shape index (κ2) is 7.91. The minimum Gasteiger partial charge on any atom is -0.548 e. The Morgan fingerprint density at radius 1 is 0.917 bits per heavy atom. The standard InChI is InChI=1S/C27H22N2O5S2/c30-17(31)12-28-24(32)20-15-11-16(21(20)25(28)33)22-19(15)18(13-7-3-1-4-8-13)23-26(35-22)29(27(34)36-23)14-9-5-2-6-10-14/h1-10,15-16,18-22H,11-12H2,(H,30,31)/p-1. The van der Waals surface area contributed by atoms with E-state index in [-0.39, 0.29) is 45.6 Å². The third kappa shape index (κ3) is 2.93. The molecule has 7 rings (SSSR count). The largest absolute Gasteiger partial charge is 0.548 e. The number of amides is 2. The van der Waals surface area contributed by atoms with Gasteiger partial charge in [0.25, 0.3) is 0 Å². The van der Waals surface area contributed by atoms with Crippen molar-refractivity contribution in [1.82, 2.24) is 9.47 Å². The normalized spacial score (nSPS) is 31.9. The number of carbonyl (C=O) groups excluding carboxylic acids is 3. The molecular formula is C27H21N2O5S2-. The highest BCUT2D eigenvalue weighted by Gasteiger charge is 2.69. The summed E-state index contributed by atoms with van der Waals surface area (Å²) < 4.78 is 1.78. The number of fused-ring (bicyclic) bond motifs is 9. The zero-order valence-corrected chi connectivity index (χ0v) is 20.6. The number of imide groups is 1. The van der Waals surface area contributed by atoms with Gasteiger partial charge in [-0.25, -0.2) is 0 Å². The number of rotatable bonds is 4. The fourth-order valence-corrected chi connectivity index (χ4v) is 10.4. The lowest BCUT2D eigenvalue weighted by molar-refractivity contribution is -0.305. The summed E-state index contributed by atoms with van der Waals surface area (Å²) in [4.78, 5) is 53.0. The van der Waals surface area contributed by atoms with E-state index >= 15 is 0 Å². The van der Waals surface area contributed by atoms with Crippen molar-refractivity contribution in [3.63, 3.8) is 0 Å². The average molecular weight is 518 g/mol. The molecule has 2 aromatic carbocycles. The van der Waals surface area contributed by atoms with E-state index in [0.717, 1.165) is 32.5 Å². The van der Waals surface area contributed by atoms with Crippen LogP contribution in [-0.4, -0.2) is 39.0 Å². The van der Waals surface area contributed by atoms with Crippen LogP contribution in [0, 0.1) is 29.6 Å². The molecule has 9 heteroatoms. The third-order valence-corrected chi connectivity index (χ3v) is 11.1. The van der Waals surface area contributed by atoms with Crippen molar-refractivity contribution in [3.05, 3.63) is 80.8 Å². The molecule has 7 nitrogen and oxygen atoms in total. The van der Waals surface area contributed by atoms with E-state index < -0.39 is 24.3 Å². The lowest BCUT2D eigenvalue weighted by atomic mass is 9.68. The van der Waals surface area contributed by atoms with Gasteiger partial charge in [0.1, 0.15) is 0 Å². The second-order valence-electron chi connectivity index (χ2n) is 10.0. The highest BCUT2D eigenvalue weighted by Crippen LogP contribution is 2.68. The molecule has 2 amide bonds. The Kier molecular flexibility index (Phi) is 4.85. The molecule has 4 aliphatic rings. The molecule has 0 N–H and O–H groups in total. The summed E-state index contributed by atoms with van der Waals surface area (Å²) >= 11 is 2.93. The molecule has 7 atom stereocenters. The number of aliphatic carboxylic acids is 1. The molecule has 182 valence electrons. The first-order valence-corrected chi connectivity index (χ1v) is 13.7. The van der Waals surface area contributed by atoms with Crippen LogP contribution < -0.4 is 9.98 Å². The van der Waals surface area contributed by atoms with Crippen LogP contribution in [0.2, 0.25) is 0 Å². The third-order valence-electron chi connectivity index (χ3n) is 8.42. The van der Waals surface area contributed by atoms with Crippen molar-refractivity contribution < 1.29 is 19.5 Å². The monoisotopic (exact) mass is 517 g/mol. The first kappa shape index (κ1) is 22.1. The Balaban J connectivity index is 1.38. The number of hydrogen-bond donors (Lipinski definition) is 0. The Labute approximate surface area is 214 Å². The van der Waals surface area contributed by atoms with Gasteiger partial charge in [0.05, 0.1) is 35.1 Å². The number of thiazole rings is 1. The Bertz CT molecular complexity index is 1470. The van der Waals surface area contributed by atoms with Crippen LogP contribution in [0.5, 0.6) is 0 Å². The first-order chi connectivity index (χ1) is 17.5. The van der Waals surface area contributed by atoms with Gasteiger partial charge in [-0.05, 0) is 41.9 Å². The number of benzene rings is 2. The van der Waals surface area contributed by atoms with Gasteiger partial charge >= 0.3 is 4.87 Å². The van der Waals surface area contributed by atoms with Gasteiger partial charge in [-0.3, -0.25) is 23.9 Å². The van der Waals surface area contributed by atoms with Crippen molar-refractivity contribution in [2.24, 2.45) is 29.6 Å². The number of carboxylic acids is 1. The molecule has 2 aliphatic heterocycles. The van der Waals surface area contributed by atoms with Crippen LogP contribution in [0.1, 0.15) is 22.8 Å². The fourth-order valence-electron chi connectivity index (χ4n) is 7.26. The quantitative estimate of drug-likeness (QED) is 0.492. The minimum absolute atomic E-state index is 0.0403. The van der Waals surface area contributed by atoms with Crippen molar-refractivity contribution in [1.29, 1.82) is 0 Å². The molecule has 1 aromatic heterocycles. The number of hydrogen-bond acceptors (Lipinski definition) is 7. The lowest BCUT2D eigenvalue weighted by Crippen LogP contribution is -2.43. The number of para-hydroxylation sites is 1. The molecule has 36 heavy (non-hydrogen) atoms. The zero-order chi connectivity index (χ0) is 24.7. The zero-order valence-electron chi connectivity index (χ0n) is 19.0. The molecule has 7 unspecified atom stereocenters. The minimum atomic E-state index is -1.42. The SMILES string of the molecule is O=C([O-])CN1C(=O)C2C3CC(C2C1=O)C1C(c2ccccc2)c2sc(=O)n(-c4ccccc4)c2SC31. The highest BCUT2D eigenvalue weighted by atomic mass is 32.2. The van der Waals surface area contributed by atoms with Crippen LogP contribution in [0.25, 0.3) is 5.69 Å². The molecular weight excluding hydrogens is 496 g/mol. The summed E-state index contributed by atoms with van der Waals surface area (Å²) in [6.07, 6.45) is 0.766. The molecule has 0 spiro atoms. The maximum atomic E-state index is 13.3. The van der Waals surface area contributed by atoms with Crippen molar-refractivity contribution >= 4 is 40.9 Å². The van der Waals surface area contributed by atoms with Crippen LogP contribution >= 0.6 is 23.1 Å². The van der Waals surface area contributed by atoms with Crippen molar-refractivity contribution in [2.45, 2.75) is 22.6 Å². The number of thioether (sulfide) groups is 1. The molecule has 1 saturated heterocycles. The van der Waals surface area contributed by atoms with Gasteiger partial charge in [-0.2, -0.15) is 0 Å². The summed E-state index contributed by atoms with van der Waals surface area (Å²) in [5.41, 5.74) is 1.91. The van der Waals surface area contributed by atoms with E-state index in [1.807, 2.05) is 48.5 Å². The Morgan fingerprint density at radius 3 is 2.22 bits per heavy atom. The van der Waals surface area contributed by atoms with Crippen LogP contribution in [0.15, 0.2) is 70.5 Å². The molecule has 3 fully saturated rings. The summed E-state index contributed by atoms with van der Waals surface area (Å²) in [5, 5.41) is 12.2. The van der Waals surface area contributed by atoms with Gasteiger partial charge in [0.2, 0.25) is 11.8 Å². The van der Waals surface area contributed by atoms with E-state index in [2.05, 4.69) is 12.1 Å². The van der Waals surface area contributed by atoms with Gasteiger partial charge < -0.3 is 9.90 Å². The van der Waals surface area contributed by atoms with Crippen molar-refractivity contribution in [2.75, 3.05) is 6.54 Å². The number of carbonyl (C=O) groups is 3.